The maximum atomic E-state index is 4.74. The average Bonchev–Trinajstić information content (AvgIpc) is 3.05. The Hall–Kier alpha value is -2.53. The third-order valence-corrected chi connectivity index (χ3v) is 3.95. The van der Waals surface area contributed by atoms with Crippen molar-refractivity contribution < 1.29 is 0 Å². The molecule has 0 aliphatic carbocycles. The highest BCUT2D eigenvalue weighted by Gasteiger charge is 2.05. The largest absolute Gasteiger partial charge is 0.306 e. The lowest BCUT2D eigenvalue weighted by atomic mass is 10.3. The summed E-state index contributed by atoms with van der Waals surface area (Å²) < 4.78 is 1.99. The van der Waals surface area contributed by atoms with E-state index in [9.17, 15) is 0 Å². The molecular formula is C20H27N5. The van der Waals surface area contributed by atoms with E-state index in [2.05, 4.69) is 35.2 Å². The summed E-state index contributed by atoms with van der Waals surface area (Å²) in [7, 11) is 2.15. The highest BCUT2D eigenvalue weighted by Crippen LogP contribution is 2.12. The van der Waals surface area contributed by atoms with Crippen LogP contribution in [0.2, 0.25) is 0 Å². The van der Waals surface area contributed by atoms with Crippen LogP contribution in [0.25, 0.3) is 11.0 Å². The molecule has 5 heteroatoms. The summed E-state index contributed by atoms with van der Waals surface area (Å²) in [5, 5.41) is 0. The Bertz CT molecular complexity index is 741. The highest BCUT2D eigenvalue weighted by molar-refractivity contribution is 6.00. The van der Waals surface area contributed by atoms with E-state index in [0.717, 1.165) is 55.8 Å². The van der Waals surface area contributed by atoms with Gasteiger partial charge in [0.1, 0.15) is 12.2 Å². The molecule has 2 rings (SSSR count). The summed E-state index contributed by atoms with van der Waals surface area (Å²) in [6, 6.07) is 8.03. The van der Waals surface area contributed by atoms with E-state index < -0.39 is 0 Å². The zero-order chi connectivity index (χ0) is 17.9. The summed E-state index contributed by atoms with van der Waals surface area (Å²) in [6.07, 6.45) is 10.5. The molecule has 0 amide bonds. The van der Waals surface area contributed by atoms with Crippen LogP contribution in [-0.4, -0.2) is 53.7 Å². The Morgan fingerprint density at radius 2 is 2.08 bits per heavy atom. The van der Waals surface area contributed by atoms with Crippen LogP contribution in [0.3, 0.4) is 0 Å². The number of rotatable bonds is 10. The number of hydrogen-bond donors (Lipinski definition) is 0. The number of benzene rings is 1. The van der Waals surface area contributed by atoms with Crippen molar-refractivity contribution >= 4 is 23.6 Å². The number of para-hydroxylation sites is 2. The first-order valence-electron chi connectivity index (χ1n) is 8.65. The van der Waals surface area contributed by atoms with E-state index in [1.165, 1.54) is 0 Å². The molecule has 0 fully saturated rings. The quantitative estimate of drug-likeness (QED) is 0.287. The van der Waals surface area contributed by atoms with Gasteiger partial charge < -0.3 is 4.90 Å². The molecule has 0 unspecified atom stereocenters. The van der Waals surface area contributed by atoms with Crippen molar-refractivity contribution in [3.63, 3.8) is 0 Å². The predicted octanol–water partition coefficient (Wildman–Crippen LogP) is 3.79. The van der Waals surface area contributed by atoms with Crippen LogP contribution in [-0.2, 0) is 0 Å². The molecule has 0 saturated carbocycles. The molecule has 1 heterocycles. The van der Waals surface area contributed by atoms with Crippen molar-refractivity contribution in [3.8, 4) is 0 Å². The smallest absolute Gasteiger partial charge is 0.134 e. The molecular weight excluding hydrogens is 310 g/mol. The van der Waals surface area contributed by atoms with Gasteiger partial charge in [-0.15, -0.1) is 6.58 Å². The summed E-state index contributed by atoms with van der Waals surface area (Å²) in [5.74, 6) is 0.829. The second-order valence-corrected chi connectivity index (χ2v) is 5.93. The van der Waals surface area contributed by atoms with Gasteiger partial charge in [-0.05, 0) is 64.3 Å². The van der Waals surface area contributed by atoms with Gasteiger partial charge in [0.05, 0.1) is 11.0 Å². The van der Waals surface area contributed by atoms with Gasteiger partial charge in [0.25, 0.3) is 0 Å². The molecule has 1 aromatic carbocycles. The molecule has 0 aliphatic rings. The maximum Gasteiger partial charge on any atom is 0.134 e. The maximum absolute atomic E-state index is 4.74. The van der Waals surface area contributed by atoms with Gasteiger partial charge in [0.15, 0.2) is 0 Å². The second-order valence-electron chi connectivity index (χ2n) is 5.93. The summed E-state index contributed by atoms with van der Waals surface area (Å²) in [5.41, 5.74) is 1.99. The summed E-state index contributed by atoms with van der Waals surface area (Å²) in [4.78, 5) is 15.3. The molecule has 132 valence electrons. The van der Waals surface area contributed by atoms with Crippen molar-refractivity contribution in [2.75, 3.05) is 26.7 Å². The topological polar surface area (TPSA) is 45.8 Å². The van der Waals surface area contributed by atoms with Gasteiger partial charge in [-0.2, -0.15) is 0 Å². The minimum absolute atomic E-state index is 0.759. The fraction of sp³-hybridized carbons (Fsp3) is 0.350. The normalized spacial score (nSPS) is 12.3. The first-order chi connectivity index (χ1) is 12.3. The van der Waals surface area contributed by atoms with Gasteiger partial charge in [0, 0.05) is 12.7 Å². The monoisotopic (exact) mass is 337 g/mol. The lowest BCUT2D eigenvalue weighted by Crippen LogP contribution is -2.21. The Kier molecular flexibility index (Phi) is 7.79. The van der Waals surface area contributed by atoms with Crippen LogP contribution < -0.4 is 0 Å². The van der Waals surface area contributed by atoms with E-state index in [4.69, 9.17) is 4.99 Å². The third kappa shape index (κ3) is 5.80. The molecule has 0 saturated heterocycles. The molecule has 5 nitrogen and oxygen atoms in total. The molecule has 0 N–H and O–H groups in total. The van der Waals surface area contributed by atoms with Crippen LogP contribution in [0.4, 0.5) is 0 Å². The first kappa shape index (κ1) is 18.8. The minimum Gasteiger partial charge on any atom is -0.306 e. The number of fused-ring (bicyclic) bond motifs is 1. The molecule has 0 radical (unpaired) electrons. The molecule has 0 bridgehead atoms. The molecule has 0 atom stereocenters. The molecule has 1 aromatic heterocycles. The molecule has 0 spiro atoms. The van der Waals surface area contributed by atoms with Gasteiger partial charge in [-0.3, -0.25) is 14.6 Å². The van der Waals surface area contributed by atoms with Crippen LogP contribution in [0, 0.1) is 0 Å². The van der Waals surface area contributed by atoms with Crippen molar-refractivity contribution in [1.29, 1.82) is 0 Å². The molecule has 25 heavy (non-hydrogen) atoms. The number of aromatic nitrogens is 2. The lowest BCUT2D eigenvalue weighted by molar-refractivity contribution is 0.328. The standard InChI is InChI=1S/C20H27N5/c1-4-5-8-15-24(3)16-9-13-22-20(12-14-21-2)25-17-23-18-10-6-7-11-19(18)25/h4,6-7,10-12,14,17H,1-2,5,8-9,13,15-16H2,3H3/b14-12-,22-20+. The van der Waals surface area contributed by atoms with Gasteiger partial charge in [-0.1, -0.05) is 18.2 Å². The number of nitrogens with zero attached hydrogens (tertiary/aromatic N) is 5. The number of imidazole rings is 1. The van der Waals surface area contributed by atoms with E-state index in [0.29, 0.717) is 0 Å². The van der Waals surface area contributed by atoms with Crippen LogP contribution in [0.15, 0.2) is 65.5 Å². The van der Waals surface area contributed by atoms with Gasteiger partial charge in [0.2, 0.25) is 0 Å². The third-order valence-electron chi connectivity index (χ3n) is 3.95. The zero-order valence-electron chi connectivity index (χ0n) is 15.0. The Morgan fingerprint density at radius 1 is 1.28 bits per heavy atom. The summed E-state index contributed by atoms with van der Waals surface area (Å²) in [6.45, 7) is 10.1. The van der Waals surface area contributed by atoms with Gasteiger partial charge in [-0.25, -0.2) is 4.98 Å². The number of hydrogen-bond acceptors (Lipinski definition) is 4. The Balaban J connectivity index is 2.00. The van der Waals surface area contributed by atoms with Crippen molar-refractivity contribution in [1.82, 2.24) is 14.5 Å². The van der Waals surface area contributed by atoms with E-state index in [-0.39, 0.29) is 0 Å². The Labute approximate surface area is 150 Å². The number of unbranched alkanes of at least 4 members (excludes halogenated alkanes) is 1. The lowest BCUT2D eigenvalue weighted by Gasteiger charge is -2.15. The molecule has 0 aliphatic heterocycles. The Morgan fingerprint density at radius 3 is 2.88 bits per heavy atom. The SMILES string of the molecule is C=CCCCN(C)CCC/N=C(\C=C/N=C)n1cnc2ccccc21. The van der Waals surface area contributed by atoms with E-state index >= 15 is 0 Å². The number of aliphatic imine (C=N–C) groups is 2. The highest BCUT2D eigenvalue weighted by atomic mass is 15.1. The van der Waals surface area contributed by atoms with Crippen molar-refractivity contribution in [2.45, 2.75) is 19.3 Å². The van der Waals surface area contributed by atoms with E-state index in [1.54, 1.807) is 12.5 Å². The van der Waals surface area contributed by atoms with Crippen LogP contribution >= 0.6 is 0 Å². The predicted molar refractivity (Wildman–Crippen MR) is 108 cm³/mol. The van der Waals surface area contributed by atoms with Crippen molar-refractivity contribution in [3.05, 3.63) is 55.5 Å². The van der Waals surface area contributed by atoms with Gasteiger partial charge >= 0.3 is 0 Å². The summed E-state index contributed by atoms with van der Waals surface area (Å²) >= 11 is 0. The van der Waals surface area contributed by atoms with E-state index in [1.807, 2.05) is 41.0 Å². The first-order valence-corrected chi connectivity index (χ1v) is 8.65. The second kappa shape index (κ2) is 10.4. The fourth-order valence-corrected chi connectivity index (χ4v) is 2.62. The fourth-order valence-electron chi connectivity index (χ4n) is 2.62. The minimum atomic E-state index is 0.759. The number of allylic oxidation sites excluding steroid dienone is 2. The van der Waals surface area contributed by atoms with Crippen molar-refractivity contribution in [2.24, 2.45) is 9.98 Å². The van der Waals surface area contributed by atoms with Crippen LogP contribution in [0.1, 0.15) is 19.3 Å². The van der Waals surface area contributed by atoms with Crippen LogP contribution in [0.5, 0.6) is 0 Å². The average molecular weight is 337 g/mol. The molecule has 2 aromatic rings. The zero-order valence-corrected chi connectivity index (χ0v) is 15.0.